The van der Waals surface area contributed by atoms with E-state index in [0.29, 0.717) is 6.54 Å². The molecule has 1 saturated heterocycles. The number of anilines is 1. The van der Waals surface area contributed by atoms with Gasteiger partial charge in [-0.25, -0.2) is 0 Å². The standard InChI is InChI=1S/C20H18N2O2/c23-15-12-10-18-6-3-9-22-16(24)14(15)20(17(18)22)11-4-1-2-5-13(11)21-19(12,20)8-7-18/h1-6,12,14,17,21H,7-10H2. The first-order valence-electron chi connectivity index (χ1n) is 9.05. The van der Waals surface area contributed by atoms with Gasteiger partial charge in [0.1, 0.15) is 5.92 Å². The van der Waals surface area contributed by atoms with Crippen molar-refractivity contribution >= 4 is 17.4 Å². The third-order valence-electron chi connectivity index (χ3n) is 8.29. The summed E-state index contributed by atoms with van der Waals surface area (Å²) in [6.45, 7) is 0.666. The van der Waals surface area contributed by atoms with Crippen LogP contribution in [0.2, 0.25) is 0 Å². The highest BCUT2D eigenvalue weighted by Gasteiger charge is 2.88. The molecule has 8 rings (SSSR count). The lowest BCUT2D eigenvalue weighted by Gasteiger charge is -2.65. The Morgan fingerprint density at radius 3 is 2.96 bits per heavy atom. The van der Waals surface area contributed by atoms with E-state index in [4.69, 9.17) is 0 Å². The molecule has 3 spiro atoms. The van der Waals surface area contributed by atoms with Gasteiger partial charge >= 0.3 is 0 Å². The quantitative estimate of drug-likeness (QED) is 0.587. The van der Waals surface area contributed by atoms with Crippen LogP contribution in [0.3, 0.4) is 0 Å². The molecular formula is C20H18N2O2. The number of para-hydroxylation sites is 1. The SMILES string of the molecule is O=C1C2CC34C=CCN5C(=O)C1C1(c6ccccc6NC21CC3)C54. The summed E-state index contributed by atoms with van der Waals surface area (Å²) in [5.41, 5.74) is 1.80. The van der Waals surface area contributed by atoms with Gasteiger partial charge in [-0.2, -0.15) is 0 Å². The van der Waals surface area contributed by atoms with Crippen molar-refractivity contribution in [3.05, 3.63) is 42.0 Å². The lowest BCUT2D eigenvalue weighted by Crippen LogP contribution is -2.73. The number of carbonyl (C=O) groups is 2. The van der Waals surface area contributed by atoms with Gasteiger partial charge in [-0.05, 0) is 30.9 Å². The lowest BCUT2D eigenvalue weighted by molar-refractivity contribution is -0.143. The van der Waals surface area contributed by atoms with E-state index in [1.165, 1.54) is 5.56 Å². The molecule has 1 amide bonds. The molecule has 4 saturated carbocycles. The fourth-order valence-electron chi connectivity index (χ4n) is 7.88. The van der Waals surface area contributed by atoms with E-state index >= 15 is 0 Å². The Balaban J connectivity index is 1.68. The van der Waals surface area contributed by atoms with Crippen LogP contribution in [0.25, 0.3) is 0 Å². The first-order valence-corrected chi connectivity index (χ1v) is 9.05. The summed E-state index contributed by atoms with van der Waals surface area (Å²) in [5.74, 6) is -0.184. The van der Waals surface area contributed by atoms with Gasteiger partial charge < -0.3 is 10.2 Å². The Morgan fingerprint density at radius 2 is 2.04 bits per heavy atom. The molecule has 3 heterocycles. The van der Waals surface area contributed by atoms with Crippen molar-refractivity contribution in [3.8, 4) is 0 Å². The number of fused-ring (bicyclic) bond motifs is 2. The fraction of sp³-hybridized carbons (Fsp3) is 0.500. The fourth-order valence-corrected chi connectivity index (χ4v) is 7.88. The van der Waals surface area contributed by atoms with Crippen LogP contribution < -0.4 is 5.32 Å². The van der Waals surface area contributed by atoms with Crippen molar-refractivity contribution in [2.75, 3.05) is 11.9 Å². The largest absolute Gasteiger partial charge is 0.378 e. The third kappa shape index (κ3) is 0.842. The number of benzene rings is 1. The summed E-state index contributed by atoms with van der Waals surface area (Å²) in [6.07, 6.45) is 7.52. The second-order valence-electron chi connectivity index (χ2n) is 8.63. The van der Waals surface area contributed by atoms with Gasteiger partial charge in [0.25, 0.3) is 0 Å². The number of nitrogens with one attached hydrogen (secondary N) is 1. The van der Waals surface area contributed by atoms with Crippen LogP contribution in [0.4, 0.5) is 5.69 Å². The molecule has 1 aromatic rings. The maximum atomic E-state index is 13.4. The molecule has 4 heteroatoms. The summed E-state index contributed by atoms with van der Waals surface area (Å²) >= 11 is 0. The maximum absolute atomic E-state index is 13.4. The molecule has 0 aromatic heterocycles. The molecule has 7 aliphatic rings. The van der Waals surface area contributed by atoms with Crippen LogP contribution in [0.1, 0.15) is 24.8 Å². The molecule has 4 aliphatic carbocycles. The van der Waals surface area contributed by atoms with Crippen molar-refractivity contribution < 1.29 is 9.59 Å². The number of ketones is 1. The summed E-state index contributed by atoms with van der Waals surface area (Å²) in [6, 6.07) is 8.58. The maximum Gasteiger partial charge on any atom is 0.234 e. The molecule has 120 valence electrons. The molecule has 1 N–H and O–H groups in total. The zero-order valence-corrected chi connectivity index (χ0v) is 13.3. The van der Waals surface area contributed by atoms with Crippen LogP contribution >= 0.6 is 0 Å². The Kier molecular flexibility index (Phi) is 1.64. The van der Waals surface area contributed by atoms with E-state index in [1.54, 1.807) is 0 Å². The van der Waals surface area contributed by atoms with Crippen molar-refractivity contribution in [2.24, 2.45) is 17.3 Å². The van der Waals surface area contributed by atoms with E-state index in [0.717, 1.165) is 24.9 Å². The third-order valence-corrected chi connectivity index (χ3v) is 8.29. The number of nitrogens with zero attached hydrogens (tertiary/aromatic N) is 1. The normalized spacial score (nSPS) is 51.0. The van der Waals surface area contributed by atoms with E-state index in [-0.39, 0.29) is 40.0 Å². The highest BCUT2D eigenvalue weighted by atomic mass is 16.2. The lowest BCUT2D eigenvalue weighted by atomic mass is 9.42. The molecule has 6 atom stereocenters. The number of rotatable bonds is 0. The average Bonchev–Trinajstić information content (AvgIpc) is 3.10. The van der Waals surface area contributed by atoms with Crippen LogP contribution in [0, 0.1) is 17.3 Å². The van der Waals surface area contributed by atoms with Crippen molar-refractivity contribution in [1.29, 1.82) is 0 Å². The Morgan fingerprint density at radius 1 is 1.17 bits per heavy atom. The zero-order valence-electron chi connectivity index (χ0n) is 13.3. The predicted molar refractivity (Wildman–Crippen MR) is 87.4 cm³/mol. The van der Waals surface area contributed by atoms with E-state index in [2.05, 4.69) is 46.6 Å². The van der Waals surface area contributed by atoms with Crippen LogP contribution in [-0.4, -0.2) is 34.7 Å². The summed E-state index contributed by atoms with van der Waals surface area (Å²) in [7, 11) is 0. The minimum absolute atomic E-state index is 0.000365. The highest BCUT2D eigenvalue weighted by Crippen LogP contribution is 2.78. The van der Waals surface area contributed by atoms with Gasteiger partial charge in [0.2, 0.25) is 5.91 Å². The molecule has 24 heavy (non-hydrogen) atoms. The summed E-state index contributed by atoms with van der Waals surface area (Å²) in [5, 5.41) is 3.80. The minimum Gasteiger partial charge on any atom is -0.378 e. The zero-order chi connectivity index (χ0) is 15.9. The summed E-state index contributed by atoms with van der Waals surface area (Å²) in [4.78, 5) is 28.7. The van der Waals surface area contributed by atoms with Gasteiger partial charge in [0.05, 0.1) is 17.0 Å². The average molecular weight is 318 g/mol. The Labute approximate surface area is 139 Å². The first-order chi connectivity index (χ1) is 11.7. The molecular weight excluding hydrogens is 300 g/mol. The number of Topliss-reactive ketones (excluding diaryl/α,β-unsaturated/α-hetero) is 1. The molecule has 6 unspecified atom stereocenters. The molecule has 3 aliphatic heterocycles. The number of hydrogen-bond acceptors (Lipinski definition) is 3. The van der Waals surface area contributed by atoms with E-state index in [1.807, 2.05) is 0 Å². The minimum atomic E-state index is -0.467. The van der Waals surface area contributed by atoms with E-state index < -0.39 is 5.92 Å². The predicted octanol–water partition coefficient (Wildman–Crippen LogP) is 1.87. The van der Waals surface area contributed by atoms with Gasteiger partial charge in [-0.15, -0.1) is 0 Å². The molecule has 1 aromatic carbocycles. The van der Waals surface area contributed by atoms with Gasteiger partial charge in [-0.1, -0.05) is 30.4 Å². The van der Waals surface area contributed by atoms with Gasteiger partial charge in [0.15, 0.2) is 5.78 Å². The number of hydrogen-bond donors (Lipinski definition) is 1. The Hall–Kier alpha value is -2.10. The molecule has 5 fully saturated rings. The monoisotopic (exact) mass is 318 g/mol. The Bertz CT molecular complexity index is 907. The van der Waals surface area contributed by atoms with Crippen molar-refractivity contribution in [1.82, 2.24) is 4.90 Å². The molecule has 4 bridgehead atoms. The van der Waals surface area contributed by atoms with Crippen LogP contribution in [0.15, 0.2) is 36.4 Å². The summed E-state index contributed by atoms with van der Waals surface area (Å²) < 4.78 is 0. The number of carbonyl (C=O) groups excluding carboxylic acids is 2. The van der Waals surface area contributed by atoms with Crippen molar-refractivity contribution in [2.45, 2.75) is 36.3 Å². The molecule has 0 radical (unpaired) electrons. The van der Waals surface area contributed by atoms with Gasteiger partial charge in [0, 0.05) is 23.6 Å². The van der Waals surface area contributed by atoms with Gasteiger partial charge in [-0.3, -0.25) is 9.59 Å². The van der Waals surface area contributed by atoms with Crippen molar-refractivity contribution in [3.63, 3.8) is 0 Å². The highest BCUT2D eigenvalue weighted by molar-refractivity contribution is 6.12. The van der Waals surface area contributed by atoms with E-state index in [9.17, 15) is 9.59 Å². The van der Waals surface area contributed by atoms with Crippen LogP contribution in [-0.2, 0) is 15.0 Å². The molecule has 4 nitrogen and oxygen atoms in total. The first kappa shape index (κ1) is 12.3. The second kappa shape index (κ2) is 3.19. The van der Waals surface area contributed by atoms with Crippen LogP contribution in [0.5, 0.6) is 0 Å². The number of amides is 1. The second-order valence-corrected chi connectivity index (χ2v) is 8.63. The topological polar surface area (TPSA) is 49.4 Å². The smallest absolute Gasteiger partial charge is 0.234 e.